The number of aromatic nitrogens is 2. The highest BCUT2D eigenvalue weighted by atomic mass is 32.2. The summed E-state index contributed by atoms with van der Waals surface area (Å²) in [6, 6.07) is 8.31. The van der Waals surface area contributed by atoms with Gasteiger partial charge in [0, 0.05) is 22.8 Å². The van der Waals surface area contributed by atoms with Gasteiger partial charge in [-0.05, 0) is 42.7 Å². The number of thioether (sulfide) groups is 1. The van der Waals surface area contributed by atoms with Gasteiger partial charge in [0.15, 0.2) is 4.34 Å². The molecule has 3 heterocycles. The highest BCUT2D eigenvalue weighted by molar-refractivity contribution is 8.02. The average Bonchev–Trinajstić information content (AvgIpc) is 3.37. The molecule has 138 valence electrons. The summed E-state index contributed by atoms with van der Waals surface area (Å²) in [6.45, 7) is 3.39. The third-order valence-electron chi connectivity index (χ3n) is 3.53. The van der Waals surface area contributed by atoms with Crippen molar-refractivity contribution in [2.75, 3.05) is 18.4 Å². The maximum atomic E-state index is 12.2. The van der Waals surface area contributed by atoms with Gasteiger partial charge in [-0.2, -0.15) is 0 Å². The zero-order valence-corrected chi connectivity index (χ0v) is 17.6. The molecule has 0 aliphatic heterocycles. The minimum Gasteiger partial charge on any atom is -0.360 e. The average molecular weight is 425 g/mol. The molecule has 3 aromatic rings. The van der Waals surface area contributed by atoms with E-state index in [0.717, 1.165) is 28.9 Å². The number of hydrogen-bond donors (Lipinski definition) is 2. The van der Waals surface area contributed by atoms with Gasteiger partial charge in [0.2, 0.25) is 11.0 Å². The predicted octanol–water partition coefficient (Wildman–Crippen LogP) is 4.16. The molecule has 26 heavy (non-hydrogen) atoms. The van der Waals surface area contributed by atoms with Gasteiger partial charge in [0.1, 0.15) is 0 Å². The van der Waals surface area contributed by atoms with Gasteiger partial charge in [0.25, 0.3) is 0 Å². The quantitative estimate of drug-likeness (QED) is 0.479. The number of carbonyl (C=O) groups is 1. The maximum Gasteiger partial charge on any atom is 0.233 e. The fourth-order valence-corrected chi connectivity index (χ4v) is 5.55. The highest BCUT2D eigenvalue weighted by Gasteiger charge is 2.16. The number of nitrogens with zero attached hydrogens (tertiary/aromatic N) is 2. The summed E-state index contributed by atoms with van der Waals surface area (Å²) in [5.74, 6) is 0.0361. The van der Waals surface area contributed by atoms with Crippen LogP contribution in [0.25, 0.3) is 0 Å². The van der Waals surface area contributed by atoms with Gasteiger partial charge < -0.3 is 10.6 Å². The van der Waals surface area contributed by atoms with Crippen LogP contribution in [0.5, 0.6) is 0 Å². The number of hydrogen-bond acceptors (Lipinski definition) is 8. The first kappa shape index (κ1) is 19.3. The van der Waals surface area contributed by atoms with Crippen LogP contribution in [0.4, 0.5) is 5.13 Å². The molecule has 9 heteroatoms. The van der Waals surface area contributed by atoms with E-state index in [1.807, 2.05) is 13.0 Å². The van der Waals surface area contributed by atoms with Crippen molar-refractivity contribution in [3.8, 4) is 0 Å². The zero-order valence-electron chi connectivity index (χ0n) is 14.3. The molecule has 0 spiro atoms. The van der Waals surface area contributed by atoms with Crippen LogP contribution in [0.15, 0.2) is 39.4 Å². The second-order valence-corrected chi connectivity index (χ2v) is 10.1. The Morgan fingerprint density at radius 1 is 1.12 bits per heavy atom. The van der Waals surface area contributed by atoms with E-state index in [2.05, 4.69) is 49.8 Å². The van der Waals surface area contributed by atoms with Gasteiger partial charge in [-0.15, -0.1) is 32.9 Å². The largest absolute Gasteiger partial charge is 0.360 e. The van der Waals surface area contributed by atoms with Crippen LogP contribution >= 0.6 is 45.8 Å². The van der Waals surface area contributed by atoms with Crippen molar-refractivity contribution in [2.24, 2.45) is 0 Å². The lowest BCUT2D eigenvalue weighted by Gasteiger charge is -2.09. The first-order chi connectivity index (χ1) is 12.7. The molecule has 1 unspecified atom stereocenters. The van der Waals surface area contributed by atoms with Crippen LogP contribution in [0, 0.1) is 0 Å². The van der Waals surface area contributed by atoms with Crippen LogP contribution in [-0.2, 0) is 17.6 Å². The van der Waals surface area contributed by atoms with Crippen LogP contribution in [-0.4, -0.2) is 34.4 Å². The van der Waals surface area contributed by atoms with Gasteiger partial charge >= 0.3 is 0 Å². The van der Waals surface area contributed by atoms with Gasteiger partial charge in [0.05, 0.1) is 5.25 Å². The molecule has 3 aromatic heterocycles. The smallest absolute Gasteiger partial charge is 0.233 e. The molecular formula is C17H20N4OS4. The lowest BCUT2D eigenvalue weighted by atomic mass is 10.3. The molecule has 0 saturated heterocycles. The first-order valence-corrected chi connectivity index (χ1v) is 11.7. The minimum absolute atomic E-state index is 0.0361. The number of thiophene rings is 2. The van der Waals surface area contributed by atoms with E-state index in [9.17, 15) is 4.79 Å². The maximum absolute atomic E-state index is 12.2. The fraction of sp³-hybridized carbons (Fsp3) is 0.353. The van der Waals surface area contributed by atoms with Crippen molar-refractivity contribution in [3.63, 3.8) is 0 Å². The number of amides is 1. The van der Waals surface area contributed by atoms with Crippen molar-refractivity contribution in [1.29, 1.82) is 0 Å². The van der Waals surface area contributed by atoms with Crippen LogP contribution in [0.2, 0.25) is 0 Å². The lowest BCUT2D eigenvalue weighted by molar-refractivity contribution is -0.120. The minimum atomic E-state index is -0.190. The summed E-state index contributed by atoms with van der Waals surface area (Å²) in [5, 5.41) is 19.4. The van der Waals surface area contributed by atoms with Gasteiger partial charge in [-0.1, -0.05) is 35.2 Å². The normalized spacial score (nSPS) is 12.0. The van der Waals surface area contributed by atoms with E-state index in [4.69, 9.17) is 0 Å². The Morgan fingerprint density at radius 2 is 1.81 bits per heavy atom. The van der Waals surface area contributed by atoms with E-state index >= 15 is 0 Å². The standard InChI is InChI=1S/C17H20N4OS4/c1-12(15(22)18-8-6-13-4-2-10-23-13)25-17-21-20-16(26-17)19-9-7-14-5-3-11-24-14/h2-5,10-12H,6-9H2,1H3,(H,18,22)(H,19,20). The Hall–Kier alpha value is -1.42. The lowest BCUT2D eigenvalue weighted by Crippen LogP contribution is -2.32. The van der Waals surface area contributed by atoms with E-state index in [0.29, 0.717) is 6.54 Å². The van der Waals surface area contributed by atoms with E-state index in [-0.39, 0.29) is 11.2 Å². The van der Waals surface area contributed by atoms with E-state index < -0.39 is 0 Å². The molecule has 2 N–H and O–H groups in total. The van der Waals surface area contributed by atoms with Gasteiger partial charge in [-0.25, -0.2) is 0 Å². The van der Waals surface area contributed by atoms with Crippen molar-refractivity contribution in [2.45, 2.75) is 29.4 Å². The third kappa shape index (κ3) is 6.08. The second kappa shape index (κ2) is 10.1. The summed E-state index contributed by atoms with van der Waals surface area (Å²) in [6.07, 6.45) is 1.85. The first-order valence-electron chi connectivity index (χ1n) is 8.27. The molecule has 3 rings (SSSR count). The summed E-state index contributed by atoms with van der Waals surface area (Å²) in [7, 11) is 0. The topological polar surface area (TPSA) is 66.9 Å². The van der Waals surface area contributed by atoms with E-state index in [1.54, 1.807) is 22.7 Å². The van der Waals surface area contributed by atoms with Crippen molar-refractivity contribution in [1.82, 2.24) is 15.5 Å². The summed E-state index contributed by atoms with van der Waals surface area (Å²) in [5.41, 5.74) is 0. The molecule has 0 fully saturated rings. The Kier molecular flexibility index (Phi) is 7.48. The molecule has 0 saturated carbocycles. The molecule has 0 bridgehead atoms. The number of anilines is 1. The number of carbonyl (C=O) groups excluding carboxylic acids is 1. The molecule has 1 atom stereocenters. The second-order valence-electron chi connectivity index (χ2n) is 5.51. The Bertz CT molecular complexity index is 786. The summed E-state index contributed by atoms with van der Waals surface area (Å²) < 4.78 is 0.810. The van der Waals surface area contributed by atoms with Gasteiger partial charge in [-0.3, -0.25) is 4.79 Å². The summed E-state index contributed by atoms with van der Waals surface area (Å²) >= 11 is 6.42. The SMILES string of the molecule is CC(Sc1nnc(NCCc2cccs2)s1)C(=O)NCCc1cccs1. The Balaban J connectivity index is 1.37. The molecule has 5 nitrogen and oxygen atoms in total. The van der Waals surface area contributed by atoms with Crippen molar-refractivity contribution < 1.29 is 4.79 Å². The molecule has 0 aromatic carbocycles. The fourth-order valence-electron chi connectivity index (χ4n) is 2.19. The molecular weight excluding hydrogens is 404 g/mol. The number of nitrogens with one attached hydrogen (secondary N) is 2. The van der Waals surface area contributed by atoms with Crippen LogP contribution in [0.3, 0.4) is 0 Å². The zero-order chi connectivity index (χ0) is 18.2. The molecule has 0 radical (unpaired) electrons. The van der Waals surface area contributed by atoms with Crippen molar-refractivity contribution >= 4 is 56.8 Å². The summed E-state index contributed by atoms with van der Waals surface area (Å²) in [4.78, 5) is 14.8. The Labute approximate surface area is 169 Å². The van der Waals surface area contributed by atoms with Crippen LogP contribution < -0.4 is 10.6 Å². The van der Waals surface area contributed by atoms with Crippen molar-refractivity contribution in [3.05, 3.63) is 44.8 Å². The molecule has 1 amide bonds. The molecule has 0 aliphatic carbocycles. The van der Waals surface area contributed by atoms with Crippen LogP contribution in [0.1, 0.15) is 16.7 Å². The predicted molar refractivity (Wildman–Crippen MR) is 113 cm³/mol. The third-order valence-corrected chi connectivity index (χ3v) is 7.47. The Morgan fingerprint density at radius 3 is 2.46 bits per heavy atom. The molecule has 0 aliphatic rings. The highest BCUT2D eigenvalue weighted by Crippen LogP contribution is 2.29. The monoisotopic (exact) mass is 424 g/mol. The number of rotatable bonds is 10. The van der Waals surface area contributed by atoms with E-state index in [1.165, 1.54) is 32.9 Å².